The smallest absolute Gasteiger partial charge is 0.000963 e. The molecule has 2 rings (SSSR count). The lowest BCUT2D eigenvalue weighted by Crippen LogP contribution is -2.35. The summed E-state index contributed by atoms with van der Waals surface area (Å²) in [5, 5.41) is 0. The fourth-order valence-corrected chi connectivity index (χ4v) is 4.10. The van der Waals surface area contributed by atoms with E-state index in [0.717, 1.165) is 23.7 Å². The Kier molecular flexibility index (Phi) is 5.70. The van der Waals surface area contributed by atoms with Gasteiger partial charge in [0.15, 0.2) is 0 Å². The molecule has 19 heavy (non-hydrogen) atoms. The van der Waals surface area contributed by atoms with Gasteiger partial charge in [-0.1, -0.05) is 26.7 Å². The number of piperidine rings is 1. The van der Waals surface area contributed by atoms with Gasteiger partial charge in [0.25, 0.3) is 0 Å². The van der Waals surface area contributed by atoms with Crippen molar-refractivity contribution in [3.8, 4) is 0 Å². The van der Waals surface area contributed by atoms with Gasteiger partial charge in [-0.05, 0) is 70.1 Å². The van der Waals surface area contributed by atoms with Crippen molar-refractivity contribution in [2.75, 3.05) is 40.3 Å². The predicted octanol–water partition coefficient (Wildman–Crippen LogP) is 3.33. The lowest BCUT2D eigenvalue weighted by molar-refractivity contribution is 0.154. The van der Waals surface area contributed by atoms with E-state index in [9.17, 15) is 0 Å². The summed E-state index contributed by atoms with van der Waals surface area (Å²) in [5.74, 6) is 3.77. The summed E-state index contributed by atoms with van der Waals surface area (Å²) in [6.07, 6.45) is 7.19. The van der Waals surface area contributed by atoms with Crippen LogP contribution in [0.1, 0.15) is 46.0 Å². The van der Waals surface area contributed by atoms with E-state index in [1.165, 1.54) is 58.3 Å². The van der Waals surface area contributed by atoms with Gasteiger partial charge >= 0.3 is 0 Å². The van der Waals surface area contributed by atoms with Crippen molar-refractivity contribution in [3.05, 3.63) is 0 Å². The van der Waals surface area contributed by atoms with Crippen LogP contribution in [0, 0.1) is 23.7 Å². The zero-order valence-electron chi connectivity index (χ0n) is 13.6. The van der Waals surface area contributed by atoms with E-state index in [2.05, 4.69) is 37.7 Å². The highest BCUT2D eigenvalue weighted by Crippen LogP contribution is 2.31. The average Bonchev–Trinajstić information content (AvgIpc) is 2.82. The monoisotopic (exact) mass is 266 g/mol. The molecule has 2 aliphatic heterocycles. The molecule has 2 aliphatic rings. The van der Waals surface area contributed by atoms with E-state index >= 15 is 0 Å². The fraction of sp³-hybridized carbons (Fsp3) is 1.00. The summed E-state index contributed by atoms with van der Waals surface area (Å²) < 4.78 is 0. The predicted molar refractivity (Wildman–Crippen MR) is 83.4 cm³/mol. The maximum atomic E-state index is 2.53. The molecule has 0 amide bonds. The molecule has 0 radical (unpaired) electrons. The van der Waals surface area contributed by atoms with Crippen LogP contribution in [0.3, 0.4) is 0 Å². The Morgan fingerprint density at radius 3 is 1.84 bits per heavy atom. The first-order chi connectivity index (χ1) is 9.06. The van der Waals surface area contributed by atoms with E-state index in [0.29, 0.717) is 0 Å². The first-order valence-corrected chi connectivity index (χ1v) is 8.43. The molecule has 0 bridgehead atoms. The second kappa shape index (κ2) is 7.08. The molecular weight excluding hydrogens is 232 g/mol. The Labute approximate surface area is 120 Å². The fourth-order valence-electron chi connectivity index (χ4n) is 4.10. The van der Waals surface area contributed by atoms with E-state index in [1.807, 2.05) is 0 Å². The zero-order valence-corrected chi connectivity index (χ0v) is 13.6. The van der Waals surface area contributed by atoms with E-state index < -0.39 is 0 Å². The van der Waals surface area contributed by atoms with Crippen LogP contribution < -0.4 is 0 Å². The van der Waals surface area contributed by atoms with Gasteiger partial charge in [-0.25, -0.2) is 0 Å². The van der Waals surface area contributed by atoms with Crippen molar-refractivity contribution in [2.24, 2.45) is 23.7 Å². The van der Waals surface area contributed by atoms with Crippen molar-refractivity contribution in [2.45, 2.75) is 46.0 Å². The molecular formula is C17H34N2. The summed E-state index contributed by atoms with van der Waals surface area (Å²) in [5.41, 5.74) is 0. The number of hydrogen-bond acceptors (Lipinski definition) is 2. The van der Waals surface area contributed by atoms with Crippen LogP contribution in [0.2, 0.25) is 0 Å². The third-order valence-electron chi connectivity index (χ3n) is 5.78. The average molecular weight is 266 g/mol. The van der Waals surface area contributed by atoms with Crippen LogP contribution in [0.15, 0.2) is 0 Å². The Hall–Kier alpha value is -0.0800. The second-order valence-electron chi connectivity index (χ2n) is 7.51. The number of nitrogens with zero attached hydrogens (tertiary/aromatic N) is 2. The Morgan fingerprint density at radius 1 is 0.842 bits per heavy atom. The topological polar surface area (TPSA) is 6.48 Å². The van der Waals surface area contributed by atoms with Gasteiger partial charge in [0.1, 0.15) is 0 Å². The summed E-state index contributed by atoms with van der Waals surface area (Å²) in [4.78, 5) is 5.03. The Morgan fingerprint density at radius 2 is 1.37 bits per heavy atom. The van der Waals surface area contributed by atoms with Crippen LogP contribution in [-0.2, 0) is 0 Å². The van der Waals surface area contributed by atoms with Crippen molar-refractivity contribution in [1.29, 1.82) is 0 Å². The summed E-state index contributed by atoms with van der Waals surface area (Å²) in [6, 6.07) is 0. The molecule has 0 saturated carbocycles. The minimum absolute atomic E-state index is 0.921. The third-order valence-corrected chi connectivity index (χ3v) is 5.78. The molecule has 2 heteroatoms. The number of likely N-dealkylation sites (tertiary alicyclic amines) is 2. The highest BCUT2D eigenvalue weighted by molar-refractivity contribution is 4.79. The van der Waals surface area contributed by atoms with Crippen LogP contribution in [0.5, 0.6) is 0 Å². The first-order valence-electron chi connectivity index (χ1n) is 8.43. The molecule has 4 unspecified atom stereocenters. The van der Waals surface area contributed by atoms with Gasteiger partial charge in [0.05, 0.1) is 0 Å². The summed E-state index contributed by atoms with van der Waals surface area (Å²) >= 11 is 0. The van der Waals surface area contributed by atoms with E-state index in [1.54, 1.807) is 0 Å². The molecule has 112 valence electrons. The van der Waals surface area contributed by atoms with E-state index in [-0.39, 0.29) is 0 Å². The van der Waals surface area contributed by atoms with Gasteiger partial charge in [-0.3, -0.25) is 0 Å². The standard InChI is InChI=1S/C17H34N2/c1-14(16-6-5-10-18(3)12-16)7-8-15(2)17-9-11-19(4)13-17/h14-17H,5-13H2,1-4H3. The van der Waals surface area contributed by atoms with Crippen LogP contribution >= 0.6 is 0 Å². The molecule has 0 aromatic heterocycles. The number of rotatable bonds is 5. The minimum Gasteiger partial charge on any atom is -0.306 e. The van der Waals surface area contributed by atoms with Gasteiger partial charge in [-0.2, -0.15) is 0 Å². The maximum absolute atomic E-state index is 2.53. The van der Waals surface area contributed by atoms with Crippen LogP contribution in [-0.4, -0.2) is 50.1 Å². The lowest BCUT2D eigenvalue weighted by atomic mass is 9.80. The van der Waals surface area contributed by atoms with Crippen LogP contribution in [0.25, 0.3) is 0 Å². The quantitative estimate of drug-likeness (QED) is 0.753. The van der Waals surface area contributed by atoms with Gasteiger partial charge < -0.3 is 9.80 Å². The molecule has 0 spiro atoms. The molecule has 2 fully saturated rings. The van der Waals surface area contributed by atoms with Crippen LogP contribution in [0.4, 0.5) is 0 Å². The highest BCUT2D eigenvalue weighted by Gasteiger charge is 2.27. The summed E-state index contributed by atoms with van der Waals surface area (Å²) in [6.45, 7) is 10.3. The molecule has 0 aromatic carbocycles. The molecule has 0 N–H and O–H groups in total. The number of hydrogen-bond donors (Lipinski definition) is 0. The molecule has 4 atom stereocenters. The molecule has 0 aliphatic carbocycles. The minimum atomic E-state index is 0.921. The van der Waals surface area contributed by atoms with Crippen molar-refractivity contribution in [3.63, 3.8) is 0 Å². The summed E-state index contributed by atoms with van der Waals surface area (Å²) in [7, 11) is 4.56. The third kappa shape index (κ3) is 4.46. The Bertz CT molecular complexity index is 266. The lowest BCUT2D eigenvalue weighted by Gasteiger charge is -2.34. The van der Waals surface area contributed by atoms with E-state index in [4.69, 9.17) is 0 Å². The zero-order chi connectivity index (χ0) is 13.8. The SMILES string of the molecule is CC(CCC(C)C1CCN(C)C1)C1CCCN(C)C1. The molecule has 2 heterocycles. The highest BCUT2D eigenvalue weighted by atomic mass is 15.1. The maximum Gasteiger partial charge on any atom is 0.000963 e. The Balaban J connectivity index is 1.69. The normalized spacial score (nSPS) is 33.5. The van der Waals surface area contributed by atoms with Gasteiger partial charge in [-0.15, -0.1) is 0 Å². The van der Waals surface area contributed by atoms with Gasteiger partial charge in [0.2, 0.25) is 0 Å². The van der Waals surface area contributed by atoms with Crippen molar-refractivity contribution >= 4 is 0 Å². The van der Waals surface area contributed by atoms with Crippen molar-refractivity contribution in [1.82, 2.24) is 9.80 Å². The largest absolute Gasteiger partial charge is 0.306 e. The molecule has 2 nitrogen and oxygen atoms in total. The van der Waals surface area contributed by atoms with Crippen molar-refractivity contribution < 1.29 is 0 Å². The second-order valence-corrected chi connectivity index (χ2v) is 7.51. The molecule has 2 saturated heterocycles. The first kappa shape index (κ1) is 15.3. The van der Waals surface area contributed by atoms with Gasteiger partial charge in [0, 0.05) is 13.1 Å². The molecule has 0 aromatic rings.